The summed E-state index contributed by atoms with van der Waals surface area (Å²) in [6, 6.07) is 22.4. The molecular formula is C29H34N2O3. The molecule has 0 spiro atoms. The monoisotopic (exact) mass is 458 g/mol. The number of rotatable bonds is 8. The summed E-state index contributed by atoms with van der Waals surface area (Å²) >= 11 is 0. The number of piperidine rings is 1. The van der Waals surface area contributed by atoms with Crippen molar-refractivity contribution in [2.45, 2.75) is 38.8 Å². The molecule has 1 N–H and O–H groups in total. The molecule has 34 heavy (non-hydrogen) atoms. The van der Waals surface area contributed by atoms with Gasteiger partial charge >= 0.3 is 0 Å². The molecule has 0 aliphatic carbocycles. The number of carbonyl (C=O) groups is 1. The Morgan fingerprint density at radius 3 is 2.38 bits per heavy atom. The molecule has 5 heteroatoms. The first-order valence-electron chi connectivity index (χ1n) is 11.9. The molecule has 1 amide bonds. The predicted molar refractivity (Wildman–Crippen MR) is 136 cm³/mol. The zero-order valence-electron chi connectivity index (χ0n) is 20.3. The number of amides is 1. The van der Waals surface area contributed by atoms with Crippen molar-refractivity contribution in [1.29, 1.82) is 0 Å². The van der Waals surface area contributed by atoms with Crippen LogP contribution in [0, 0.1) is 6.92 Å². The molecule has 1 heterocycles. The first-order chi connectivity index (χ1) is 16.6. The number of hydrogen-bond donors (Lipinski definition) is 1. The third-order valence-corrected chi connectivity index (χ3v) is 6.77. The molecule has 3 aromatic carbocycles. The molecule has 4 rings (SSSR count). The van der Waals surface area contributed by atoms with E-state index in [0.29, 0.717) is 12.5 Å². The molecule has 1 fully saturated rings. The van der Waals surface area contributed by atoms with E-state index >= 15 is 0 Å². The summed E-state index contributed by atoms with van der Waals surface area (Å²) in [5.41, 5.74) is 5.43. The fraction of sp³-hybridized carbons (Fsp3) is 0.345. The summed E-state index contributed by atoms with van der Waals surface area (Å²) < 4.78 is 10.9. The van der Waals surface area contributed by atoms with E-state index in [9.17, 15) is 4.79 Å². The van der Waals surface area contributed by atoms with Crippen LogP contribution < -0.4 is 14.8 Å². The molecule has 0 bridgehead atoms. The zero-order chi connectivity index (χ0) is 23.9. The predicted octanol–water partition coefficient (Wildman–Crippen LogP) is 5.32. The first-order valence-corrected chi connectivity index (χ1v) is 11.9. The molecule has 178 valence electrons. The van der Waals surface area contributed by atoms with E-state index in [2.05, 4.69) is 40.5 Å². The van der Waals surface area contributed by atoms with Crippen molar-refractivity contribution in [3.8, 4) is 11.5 Å². The maximum atomic E-state index is 12.5. The molecule has 3 aromatic rings. The molecule has 5 nitrogen and oxygen atoms in total. The number of carbonyl (C=O) groups excluding carboxylic acids is 1. The lowest BCUT2D eigenvalue weighted by molar-refractivity contribution is 0.0950. The van der Waals surface area contributed by atoms with Gasteiger partial charge in [0.15, 0.2) is 0 Å². The van der Waals surface area contributed by atoms with Crippen LogP contribution in [-0.4, -0.2) is 38.1 Å². The van der Waals surface area contributed by atoms with Crippen molar-refractivity contribution < 1.29 is 14.3 Å². The van der Waals surface area contributed by atoms with Crippen LogP contribution >= 0.6 is 0 Å². The zero-order valence-corrected chi connectivity index (χ0v) is 20.3. The average molecular weight is 459 g/mol. The quantitative estimate of drug-likeness (QED) is 0.496. The minimum absolute atomic E-state index is 0.0250. The van der Waals surface area contributed by atoms with E-state index in [1.54, 1.807) is 14.2 Å². The Bertz CT molecular complexity index is 1100. The van der Waals surface area contributed by atoms with Gasteiger partial charge in [0.2, 0.25) is 0 Å². The highest BCUT2D eigenvalue weighted by Gasteiger charge is 2.21. The fourth-order valence-corrected chi connectivity index (χ4v) is 4.66. The largest absolute Gasteiger partial charge is 0.497 e. The highest BCUT2D eigenvalue weighted by molar-refractivity contribution is 5.95. The molecule has 1 aliphatic rings. The molecule has 0 unspecified atom stereocenters. The van der Waals surface area contributed by atoms with Crippen LogP contribution in [0.3, 0.4) is 0 Å². The van der Waals surface area contributed by atoms with E-state index in [0.717, 1.165) is 60.7 Å². The maximum Gasteiger partial charge on any atom is 0.251 e. The third-order valence-electron chi connectivity index (χ3n) is 6.77. The Hall–Kier alpha value is -3.31. The van der Waals surface area contributed by atoms with Crippen molar-refractivity contribution in [3.05, 3.63) is 94.5 Å². The molecule has 0 saturated carbocycles. The lowest BCUT2D eigenvalue weighted by atomic mass is 9.89. The lowest BCUT2D eigenvalue weighted by Crippen LogP contribution is -2.32. The topological polar surface area (TPSA) is 50.8 Å². The summed E-state index contributed by atoms with van der Waals surface area (Å²) in [5.74, 6) is 2.25. The Morgan fingerprint density at radius 2 is 1.71 bits per heavy atom. The van der Waals surface area contributed by atoms with Crippen LogP contribution in [0.1, 0.15) is 51.4 Å². The van der Waals surface area contributed by atoms with Gasteiger partial charge in [-0.15, -0.1) is 0 Å². The van der Waals surface area contributed by atoms with Gasteiger partial charge in [0, 0.05) is 30.3 Å². The number of nitrogens with zero attached hydrogens (tertiary/aromatic N) is 1. The van der Waals surface area contributed by atoms with Gasteiger partial charge in [-0.1, -0.05) is 48.5 Å². The number of nitrogens with one attached hydrogen (secondary N) is 1. The number of ether oxygens (including phenoxy) is 2. The van der Waals surface area contributed by atoms with Crippen LogP contribution in [0.2, 0.25) is 0 Å². The summed E-state index contributed by atoms with van der Waals surface area (Å²) in [4.78, 5) is 15.0. The number of methoxy groups -OCH3 is 2. The van der Waals surface area contributed by atoms with Crippen molar-refractivity contribution in [1.82, 2.24) is 10.2 Å². The lowest BCUT2D eigenvalue weighted by Gasteiger charge is -2.32. The van der Waals surface area contributed by atoms with Gasteiger partial charge in [-0.25, -0.2) is 0 Å². The Morgan fingerprint density at radius 1 is 0.971 bits per heavy atom. The van der Waals surface area contributed by atoms with Crippen LogP contribution in [0.15, 0.2) is 66.7 Å². The summed E-state index contributed by atoms with van der Waals surface area (Å²) in [7, 11) is 3.38. The minimum Gasteiger partial charge on any atom is -0.497 e. The van der Waals surface area contributed by atoms with Gasteiger partial charge in [-0.3, -0.25) is 9.69 Å². The number of benzene rings is 3. The Balaban J connectivity index is 1.28. The number of hydrogen-bond acceptors (Lipinski definition) is 4. The molecule has 0 radical (unpaired) electrons. The SMILES string of the molecule is COc1ccc(CN2CCC(c3ccc(CNC(=O)c4ccccc4C)cc3)CC2)c(OC)c1. The van der Waals surface area contributed by atoms with Gasteiger partial charge in [0.05, 0.1) is 14.2 Å². The van der Waals surface area contributed by atoms with Crippen molar-refractivity contribution in [2.24, 2.45) is 0 Å². The van der Waals surface area contributed by atoms with E-state index in [4.69, 9.17) is 9.47 Å². The number of aryl methyl sites for hydroxylation is 1. The second kappa shape index (κ2) is 11.2. The normalized spacial score (nSPS) is 14.6. The van der Waals surface area contributed by atoms with Crippen molar-refractivity contribution >= 4 is 5.91 Å². The van der Waals surface area contributed by atoms with Crippen LogP contribution in [0.4, 0.5) is 0 Å². The maximum absolute atomic E-state index is 12.5. The Kier molecular flexibility index (Phi) is 7.86. The Labute approximate surface area is 202 Å². The molecular weight excluding hydrogens is 424 g/mol. The fourth-order valence-electron chi connectivity index (χ4n) is 4.66. The van der Waals surface area contributed by atoms with E-state index in [1.807, 2.05) is 43.3 Å². The van der Waals surface area contributed by atoms with Crippen LogP contribution in [0.25, 0.3) is 0 Å². The molecule has 0 atom stereocenters. The van der Waals surface area contributed by atoms with Gasteiger partial charge in [-0.2, -0.15) is 0 Å². The average Bonchev–Trinajstić information content (AvgIpc) is 2.88. The molecule has 0 aromatic heterocycles. The van der Waals surface area contributed by atoms with Gasteiger partial charge in [0.1, 0.15) is 11.5 Å². The minimum atomic E-state index is -0.0250. The second-order valence-corrected chi connectivity index (χ2v) is 8.97. The highest BCUT2D eigenvalue weighted by atomic mass is 16.5. The van der Waals surface area contributed by atoms with Gasteiger partial charge < -0.3 is 14.8 Å². The van der Waals surface area contributed by atoms with Crippen LogP contribution in [0.5, 0.6) is 11.5 Å². The third kappa shape index (κ3) is 5.78. The highest BCUT2D eigenvalue weighted by Crippen LogP contribution is 2.31. The smallest absolute Gasteiger partial charge is 0.251 e. The van der Waals surface area contributed by atoms with E-state index < -0.39 is 0 Å². The summed E-state index contributed by atoms with van der Waals surface area (Å²) in [5, 5.41) is 3.04. The van der Waals surface area contributed by atoms with E-state index in [1.165, 1.54) is 11.1 Å². The van der Waals surface area contributed by atoms with Crippen LogP contribution in [-0.2, 0) is 13.1 Å². The summed E-state index contributed by atoms with van der Waals surface area (Å²) in [6.45, 7) is 5.51. The number of likely N-dealkylation sites (tertiary alicyclic amines) is 1. The van der Waals surface area contributed by atoms with Crippen molar-refractivity contribution in [3.63, 3.8) is 0 Å². The standard InChI is InChI=1S/C29H34N2O3/c1-21-6-4-5-7-27(21)29(32)30-19-22-8-10-23(11-9-22)24-14-16-31(17-15-24)20-25-12-13-26(33-2)18-28(25)34-3/h4-13,18,24H,14-17,19-20H2,1-3H3,(H,30,32). The second-order valence-electron chi connectivity index (χ2n) is 8.97. The molecule has 1 aliphatic heterocycles. The van der Waals surface area contributed by atoms with E-state index in [-0.39, 0.29) is 5.91 Å². The molecule has 1 saturated heterocycles. The first kappa shape index (κ1) is 23.8. The summed E-state index contributed by atoms with van der Waals surface area (Å²) in [6.07, 6.45) is 2.28. The van der Waals surface area contributed by atoms with Crippen molar-refractivity contribution in [2.75, 3.05) is 27.3 Å². The van der Waals surface area contributed by atoms with Gasteiger partial charge in [-0.05, 0) is 67.6 Å². The van der Waals surface area contributed by atoms with Gasteiger partial charge in [0.25, 0.3) is 5.91 Å².